The highest BCUT2D eigenvalue weighted by molar-refractivity contribution is 6.02. The van der Waals surface area contributed by atoms with Gasteiger partial charge in [-0.15, -0.1) is 0 Å². The average Bonchev–Trinajstić information content (AvgIpc) is 2.49. The maximum Gasteiger partial charge on any atom is 0.334 e. The van der Waals surface area contributed by atoms with E-state index in [1.54, 1.807) is 0 Å². The highest BCUT2D eigenvalue weighted by Gasteiger charge is 2.44. The van der Waals surface area contributed by atoms with E-state index in [1.807, 2.05) is 13.8 Å². The van der Waals surface area contributed by atoms with Crippen LogP contribution < -0.4 is 0 Å². The van der Waals surface area contributed by atoms with Gasteiger partial charge in [0, 0.05) is 24.0 Å². The Morgan fingerprint density at radius 3 is 2.33 bits per heavy atom. The van der Waals surface area contributed by atoms with Crippen molar-refractivity contribution < 1.29 is 34.1 Å². The van der Waals surface area contributed by atoms with E-state index in [0.29, 0.717) is 0 Å². The summed E-state index contributed by atoms with van der Waals surface area (Å²) in [7, 11) is 0. The SMILES string of the molecule is CC(=O)O[C@H]1C=C(CO)C(=O)[C@H](OC(=O)/C(C)=C/CO)[C@H]1C(C)C. The molecule has 3 atom stereocenters. The number of hydrogen-bond acceptors (Lipinski definition) is 7. The van der Waals surface area contributed by atoms with Gasteiger partial charge in [-0.3, -0.25) is 9.59 Å². The predicted octanol–water partition coefficient (Wildman–Crippen LogP) is 0.542. The van der Waals surface area contributed by atoms with Crippen molar-refractivity contribution in [2.75, 3.05) is 13.2 Å². The van der Waals surface area contributed by atoms with Crippen molar-refractivity contribution in [3.63, 3.8) is 0 Å². The van der Waals surface area contributed by atoms with Crippen molar-refractivity contribution in [1.29, 1.82) is 0 Å². The molecule has 0 unspecified atom stereocenters. The fourth-order valence-corrected chi connectivity index (χ4v) is 2.65. The van der Waals surface area contributed by atoms with E-state index in [4.69, 9.17) is 14.6 Å². The molecule has 0 saturated heterocycles. The molecule has 0 aliphatic heterocycles. The van der Waals surface area contributed by atoms with Crippen molar-refractivity contribution in [1.82, 2.24) is 0 Å². The van der Waals surface area contributed by atoms with Crippen LogP contribution in [-0.2, 0) is 23.9 Å². The van der Waals surface area contributed by atoms with Crippen LogP contribution in [0.2, 0.25) is 0 Å². The van der Waals surface area contributed by atoms with Crippen LogP contribution in [0.5, 0.6) is 0 Å². The van der Waals surface area contributed by atoms with Gasteiger partial charge in [-0.2, -0.15) is 0 Å². The first kappa shape index (κ1) is 20.1. The van der Waals surface area contributed by atoms with E-state index >= 15 is 0 Å². The first-order valence-electron chi connectivity index (χ1n) is 7.74. The van der Waals surface area contributed by atoms with Gasteiger partial charge in [0.25, 0.3) is 0 Å². The molecule has 1 aliphatic rings. The van der Waals surface area contributed by atoms with Crippen LogP contribution in [-0.4, -0.2) is 53.4 Å². The number of rotatable bonds is 6. The summed E-state index contributed by atoms with van der Waals surface area (Å²) in [5.41, 5.74) is 0.205. The Bertz CT molecular complexity index is 559. The lowest BCUT2D eigenvalue weighted by Gasteiger charge is -2.37. The van der Waals surface area contributed by atoms with Gasteiger partial charge in [0.05, 0.1) is 13.2 Å². The summed E-state index contributed by atoms with van der Waals surface area (Å²) in [6, 6.07) is 0. The van der Waals surface area contributed by atoms with Crippen LogP contribution in [0.25, 0.3) is 0 Å². The fourth-order valence-electron chi connectivity index (χ4n) is 2.65. The average molecular weight is 340 g/mol. The summed E-state index contributed by atoms with van der Waals surface area (Å²) >= 11 is 0. The zero-order chi connectivity index (χ0) is 18.4. The summed E-state index contributed by atoms with van der Waals surface area (Å²) in [6.07, 6.45) is 0.736. The van der Waals surface area contributed by atoms with Gasteiger partial charge in [0.2, 0.25) is 5.78 Å². The molecule has 134 valence electrons. The Morgan fingerprint density at radius 2 is 1.88 bits per heavy atom. The Hall–Kier alpha value is -1.99. The number of hydrogen-bond donors (Lipinski definition) is 2. The van der Waals surface area contributed by atoms with Crippen LogP contribution in [0, 0.1) is 11.8 Å². The molecule has 0 radical (unpaired) electrons. The van der Waals surface area contributed by atoms with Gasteiger partial charge in [0.1, 0.15) is 6.10 Å². The van der Waals surface area contributed by atoms with Crippen LogP contribution in [0.3, 0.4) is 0 Å². The van der Waals surface area contributed by atoms with Gasteiger partial charge in [0.15, 0.2) is 6.10 Å². The maximum atomic E-state index is 12.5. The van der Waals surface area contributed by atoms with Crippen molar-refractivity contribution in [2.45, 2.75) is 39.9 Å². The monoisotopic (exact) mass is 340 g/mol. The summed E-state index contributed by atoms with van der Waals surface area (Å²) in [5, 5.41) is 18.2. The molecule has 7 heteroatoms. The van der Waals surface area contributed by atoms with E-state index in [9.17, 15) is 19.5 Å². The molecular weight excluding hydrogens is 316 g/mol. The minimum Gasteiger partial charge on any atom is -0.458 e. The maximum absolute atomic E-state index is 12.5. The Morgan fingerprint density at radius 1 is 1.25 bits per heavy atom. The molecular formula is C17H24O7. The van der Waals surface area contributed by atoms with Crippen LogP contribution in [0.15, 0.2) is 23.3 Å². The Kier molecular flexibility index (Phi) is 7.31. The first-order chi connectivity index (χ1) is 11.2. The summed E-state index contributed by atoms with van der Waals surface area (Å²) in [6.45, 7) is 5.48. The largest absolute Gasteiger partial charge is 0.458 e. The summed E-state index contributed by atoms with van der Waals surface area (Å²) in [5.74, 6) is -2.48. The lowest BCUT2D eigenvalue weighted by Crippen LogP contribution is -2.48. The number of aliphatic hydroxyl groups excluding tert-OH is 2. The normalized spacial score (nSPS) is 24.6. The zero-order valence-corrected chi connectivity index (χ0v) is 14.3. The Labute approximate surface area is 140 Å². The number of ether oxygens (including phenoxy) is 2. The number of carbonyl (C=O) groups excluding carboxylic acids is 3. The molecule has 7 nitrogen and oxygen atoms in total. The molecule has 0 bridgehead atoms. The minimum atomic E-state index is -1.17. The third-order valence-electron chi connectivity index (χ3n) is 3.86. The third-order valence-corrected chi connectivity index (χ3v) is 3.86. The topological polar surface area (TPSA) is 110 Å². The molecule has 1 aliphatic carbocycles. The van der Waals surface area contributed by atoms with Crippen molar-refractivity contribution >= 4 is 17.7 Å². The second-order valence-corrected chi connectivity index (χ2v) is 6.01. The third kappa shape index (κ3) is 4.75. The summed E-state index contributed by atoms with van der Waals surface area (Å²) < 4.78 is 10.6. The molecule has 2 N–H and O–H groups in total. The number of carbonyl (C=O) groups is 3. The molecule has 0 aromatic heterocycles. The molecule has 0 saturated carbocycles. The van der Waals surface area contributed by atoms with Crippen molar-refractivity contribution in [3.05, 3.63) is 23.3 Å². The molecule has 0 aromatic carbocycles. The van der Waals surface area contributed by atoms with Crippen molar-refractivity contribution in [2.24, 2.45) is 11.8 Å². The lowest BCUT2D eigenvalue weighted by molar-refractivity contribution is -0.164. The van der Waals surface area contributed by atoms with E-state index in [1.165, 1.54) is 26.0 Å². The van der Waals surface area contributed by atoms with E-state index in [2.05, 4.69) is 0 Å². The number of aliphatic hydroxyl groups is 2. The van der Waals surface area contributed by atoms with Crippen LogP contribution in [0.4, 0.5) is 0 Å². The second-order valence-electron chi connectivity index (χ2n) is 6.01. The van der Waals surface area contributed by atoms with E-state index in [0.717, 1.165) is 0 Å². The van der Waals surface area contributed by atoms with Gasteiger partial charge < -0.3 is 19.7 Å². The highest BCUT2D eigenvalue weighted by Crippen LogP contribution is 2.32. The van der Waals surface area contributed by atoms with Crippen molar-refractivity contribution in [3.8, 4) is 0 Å². The fraction of sp³-hybridized carbons (Fsp3) is 0.588. The van der Waals surface area contributed by atoms with Gasteiger partial charge in [-0.25, -0.2) is 4.79 Å². The van der Waals surface area contributed by atoms with Crippen LogP contribution >= 0.6 is 0 Å². The van der Waals surface area contributed by atoms with Gasteiger partial charge >= 0.3 is 11.9 Å². The predicted molar refractivity (Wildman–Crippen MR) is 84.8 cm³/mol. The van der Waals surface area contributed by atoms with Gasteiger partial charge in [-0.1, -0.05) is 13.8 Å². The summed E-state index contributed by atoms with van der Waals surface area (Å²) in [4.78, 5) is 35.9. The molecule has 0 amide bonds. The second kappa shape index (κ2) is 8.75. The van der Waals surface area contributed by atoms with E-state index in [-0.39, 0.29) is 23.7 Å². The smallest absolute Gasteiger partial charge is 0.334 e. The Balaban J connectivity index is 3.20. The quantitative estimate of drug-likeness (QED) is 0.536. The standard InChI is InChI=1S/C17H24O7/c1-9(2)14-13(23-11(4)20)7-12(8-19)15(21)16(14)24-17(22)10(3)5-6-18/h5,7,9,13-14,16,18-19H,6,8H2,1-4H3/b10-5+/t13-,14-,16+/m0/s1. The minimum absolute atomic E-state index is 0.0414. The number of ketones is 1. The molecule has 1 rings (SSSR count). The lowest BCUT2D eigenvalue weighted by atomic mass is 9.77. The zero-order valence-electron chi connectivity index (χ0n) is 14.3. The van der Waals surface area contributed by atoms with Gasteiger partial charge in [-0.05, 0) is 25.0 Å². The molecule has 0 spiro atoms. The first-order valence-corrected chi connectivity index (χ1v) is 7.74. The molecule has 0 heterocycles. The van der Waals surface area contributed by atoms with E-state index < -0.39 is 42.5 Å². The number of Topliss-reactive ketones (excluding diaryl/α,β-unsaturated/α-hetero) is 1. The molecule has 0 aromatic rings. The highest BCUT2D eigenvalue weighted by atomic mass is 16.6. The number of esters is 2. The molecule has 24 heavy (non-hydrogen) atoms. The molecule has 0 fully saturated rings. The van der Waals surface area contributed by atoms with Crippen LogP contribution in [0.1, 0.15) is 27.7 Å².